The standard InChI is InChI=1S/C19H29N5O3/c1-18(2,3)27-17(26)23-6-4-19(5-7-23)8-14(19)10-20-16(25)24-11-13-9-21-22-15(13)12-24/h9,14H,4-8,10-12H2,1-3H3,(H,20,25)(H,21,22). The smallest absolute Gasteiger partial charge is 0.410 e. The van der Waals surface area contributed by atoms with Crippen molar-refractivity contribution in [2.45, 2.75) is 58.7 Å². The molecule has 2 N–H and O–H groups in total. The molecule has 1 aromatic heterocycles. The number of rotatable bonds is 2. The predicted molar refractivity (Wildman–Crippen MR) is 98.8 cm³/mol. The fourth-order valence-electron chi connectivity index (χ4n) is 4.32. The van der Waals surface area contributed by atoms with Crippen LogP contribution in [0.25, 0.3) is 0 Å². The van der Waals surface area contributed by atoms with Gasteiger partial charge >= 0.3 is 12.1 Å². The van der Waals surface area contributed by atoms with Gasteiger partial charge in [-0.15, -0.1) is 0 Å². The van der Waals surface area contributed by atoms with Crippen LogP contribution in [0.3, 0.4) is 0 Å². The second kappa shape index (κ2) is 6.42. The molecule has 1 aliphatic carbocycles. The molecule has 1 aromatic rings. The van der Waals surface area contributed by atoms with E-state index in [4.69, 9.17) is 4.74 Å². The summed E-state index contributed by atoms with van der Waals surface area (Å²) in [6.45, 7) is 9.10. The van der Waals surface area contributed by atoms with Crippen LogP contribution in [0.4, 0.5) is 9.59 Å². The molecular formula is C19H29N5O3. The number of hydrogen-bond acceptors (Lipinski definition) is 4. The number of amides is 3. The second-order valence-corrected chi connectivity index (χ2v) is 9.15. The van der Waals surface area contributed by atoms with Gasteiger partial charge in [-0.05, 0) is 51.4 Å². The van der Waals surface area contributed by atoms with E-state index in [-0.39, 0.29) is 12.1 Å². The van der Waals surface area contributed by atoms with Crippen LogP contribution in [0, 0.1) is 11.3 Å². The van der Waals surface area contributed by atoms with Crippen molar-refractivity contribution >= 4 is 12.1 Å². The monoisotopic (exact) mass is 375 g/mol. The summed E-state index contributed by atoms with van der Waals surface area (Å²) in [5, 5.41) is 10.0. The Hall–Kier alpha value is -2.25. The number of piperidine rings is 1. The molecule has 0 aromatic carbocycles. The zero-order valence-electron chi connectivity index (χ0n) is 16.4. The van der Waals surface area contributed by atoms with Crippen LogP contribution in [0.15, 0.2) is 6.20 Å². The summed E-state index contributed by atoms with van der Waals surface area (Å²) in [7, 11) is 0. The van der Waals surface area contributed by atoms with Gasteiger partial charge in [0.05, 0.1) is 25.0 Å². The topological polar surface area (TPSA) is 90.6 Å². The summed E-state index contributed by atoms with van der Waals surface area (Å²) >= 11 is 0. The minimum absolute atomic E-state index is 0.00663. The molecule has 0 bridgehead atoms. The Morgan fingerprint density at radius 3 is 2.70 bits per heavy atom. The number of carbonyl (C=O) groups is 2. The van der Waals surface area contributed by atoms with E-state index in [1.165, 1.54) is 0 Å². The minimum Gasteiger partial charge on any atom is -0.444 e. The lowest BCUT2D eigenvalue weighted by Crippen LogP contribution is -2.43. The third-order valence-electron chi connectivity index (χ3n) is 6.07. The molecule has 1 unspecified atom stereocenters. The van der Waals surface area contributed by atoms with Crippen LogP contribution in [-0.4, -0.2) is 57.4 Å². The highest BCUT2D eigenvalue weighted by molar-refractivity contribution is 5.75. The van der Waals surface area contributed by atoms with Crippen LogP contribution < -0.4 is 5.32 Å². The van der Waals surface area contributed by atoms with E-state index >= 15 is 0 Å². The number of aromatic amines is 1. The molecule has 3 amide bonds. The molecule has 1 atom stereocenters. The van der Waals surface area contributed by atoms with Crippen molar-refractivity contribution in [2.75, 3.05) is 19.6 Å². The molecule has 8 nitrogen and oxygen atoms in total. The molecule has 1 saturated carbocycles. The van der Waals surface area contributed by atoms with Crippen molar-refractivity contribution in [3.05, 3.63) is 17.5 Å². The SMILES string of the molecule is CC(C)(C)OC(=O)N1CCC2(CC1)CC2CNC(=O)N1Cc2cn[nH]c2C1. The number of urea groups is 1. The molecule has 3 heterocycles. The maximum absolute atomic E-state index is 12.4. The van der Waals surface area contributed by atoms with Gasteiger partial charge in [0.1, 0.15) is 5.60 Å². The van der Waals surface area contributed by atoms with Gasteiger partial charge < -0.3 is 19.9 Å². The Morgan fingerprint density at radius 1 is 1.30 bits per heavy atom. The molecule has 2 aliphatic heterocycles. The molecule has 2 fully saturated rings. The van der Waals surface area contributed by atoms with Gasteiger partial charge in [-0.2, -0.15) is 5.10 Å². The number of likely N-dealkylation sites (tertiary alicyclic amines) is 1. The molecule has 27 heavy (non-hydrogen) atoms. The Labute approximate surface area is 159 Å². The molecule has 3 aliphatic rings. The number of hydrogen-bond donors (Lipinski definition) is 2. The molecule has 4 rings (SSSR count). The second-order valence-electron chi connectivity index (χ2n) is 9.15. The van der Waals surface area contributed by atoms with Gasteiger partial charge in [0, 0.05) is 25.2 Å². The fraction of sp³-hybridized carbons (Fsp3) is 0.737. The third-order valence-corrected chi connectivity index (χ3v) is 6.07. The van der Waals surface area contributed by atoms with Gasteiger partial charge in [-0.25, -0.2) is 9.59 Å². The summed E-state index contributed by atoms with van der Waals surface area (Å²) in [4.78, 5) is 28.2. The average molecular weight is 375 g/mol. The number of nitrogens with zero attached hydrogens (tertiary/aromatic N) is 3. The normalized spacial score (nSPS) is 23.3. The molecule has 1 saturated heterocycles. The highest BCUT2D eigenvalue weighted by atomic mass is 16.6. The van der Waals surface area contributed by atoms with Gasteiger partial charge in [0.15, 0.2) is 0 Å². The van der Waals surface area contributed by atoms with Crippen molar-refractivity contribution in [3.8, 4) is 0 Å². The third kappa shape index (κ3) is 3.75. The highest BCUT2D eigenvalue weighted by Crippen LogP contribution is 2.59. The number of H-pyrrole nitrogens is 1. The minimum atomic E-state index is -0.454. The van der Waals surface area contributed by atoms with E-state index in [9.17, 15) is 9.59 Å². The van der Waals surface area contributed by atoms with E-state index in [1.54, 1.807) is 6.20 Å². The molecule has 1 spiro atoms. The summed E-state index contributed by atoms with van der Waals surface area (Å²) < 4.78 is 5.47. The lowest BCUT2D eigenvalue weighted by Gasteiger charge is -2.34. The van der Waals surface area contributed by atoms with Crippen molar-refractivity contribution in [1.82, 2.24) is 25.3 Å². The van der Waals surface area contributed by atoms with Gasteiger partial charge in [-0.3, -0.25) is 5.10 Å². The van der Waals surface area contributed by atoms with Gasteiger partial charge in [0.25, 0.3) is 0 Å². The molecule has 8 heteroatoms. The van der Waals surface area contributed by atoms with Crippen molar-refractivity contribution < 1.29 is 14.3 Å². The van der Waals surface area contributed by atoms with Gasteiger partial charge in [-0.1, -0.05) is 0 Å². The highest BCUT2D eigenvalue weighted by Gasteiger charge is 2.55. The quantitative estimate of drug-likeness (QED) is 0.831. The lowest BCUT2D eigenvalue weighted by molar-refractivity contribution is 0.0165. The van der Waals surface area contributed by atoms with E-state index in [0.29, 0.717) is 31.0 Å². The predicted octanol–water partition coefficient (Wildman–Crippen LogP) is 2.47. The number of aromatic nitrogens is 2. The number of fused-ring (bicyclic) bond motifs is 1. The van der Waals surface area contributed by atoms with Crippen LogP contribution >= 0.6 is 0 Å². The summed E-state index contributed by atoms with van der Waals surface area (Å²) in [6, 6.07) is -0.00663. The van der Waals surface area contributed by atoms with E-state index < -0.39 is 5.60 Å². The first-order chi connectivity index (χ1) is 12.8. The molecule has 148 valence electrons. The zero-order chi connectivity index (χ0) is 19.2. The first-order valence-corrected chi connectivity index (χ1v) is 9.78. The zero-order valence-corrected chi connectivity index (χ0v) is 16.4. The molecular weight excluding hydrogens is 346 g/mol. The average Bonchev–Trinajstić information content (AvgIpc) is 2.93. The van der Waals surface area contributed by atoms with Crippen LogP contribution in [-0.2, 0) is 17.8 Å². The summed E-state index contributed by atoms with van der Waals surface area (Å²) in [6.07, 6.45) is 4.70. The summed E-state index contributed by atoms with van der Waals surface area (Å²) in [5.41, 5.74) is 1.97. The van der Waals surface area contributed by atoms with Crippen molar-refractivity contribution in [1.29, 1.82) is 0 Å². The number of ether oxygens (including phenoxy) is 1. The first kappa shape index (κ1) is 18.1. The summed E-state index contributed by atoms with van der Waals surface area (Å²) in [5.74, 6) is 0.518. The van der Waals surface area contributed by atoms with E-state index in [0.717, 1.165) is 43.6 Å². The van der Waals surface area contributed by atoms with E-state index in [2.05, 4.69) is 15.5 Å². The Morgan fingerprint density at radius 2 is 2.04 bits per heavy atom. The van der Waals surface area contributed by atoms with Crippen LogP contribution in [0.1, 0.15) is 51.3 Å². The Kier molecular flexibility index (Phi) is 4.31. The largest absolute Gasteiger partial charge is 0.444 e. The maximum Gasteiger partial charge on any atom is 0.410 e. The number of carbonyl (C=O) groups excluding carboxylic acids is 2. The van der Waals surface area contributed by atoms with E-state index in [1.807, 2.05) is 30.6 Å². The van der Waals surface area contributed by atoms with Crippen molar-refractivity contribution in [2.24, 2.45) is 11.3 Å². The van der Waals surface area contributed by atoms with Crippen LogP contribution in [0.2, 0.25) is 0 Å². The Bertz CT molecular complexity index is 709. The lowest BCUT2D eigenvalue weighted by atomic mass is 9.91. The van der Waals surface area contributed by atoms with Crippen molar-refractivity contribution in [3.63, 3.8) is 0 Å². The maximum atomic E-state index is 12.4. The number of nitrogens with one attached hydrogen (secondary N) is 2. The Balaban J connectivity index is 1.20. The first-order valence-electron chi connectivity index (χ1n) is 9.78. The fourth-order valence-corrected chi connectivity index (χ4v) is 4.32. The van der Waals surface area contributed by atoms with Crippen LogP contribution in [0.5, 0.6) is 0 Å². The molecule has 0 radical (unpaired) electrons. The van der Waals surface area contributed by atoms with Gasteiger partial charge in [0.2, 0.25) is 0 Å².